The minimum Gasteiger partial charge on any atom is -0.440 e. The van der Waals surface area contributed by atoms with Crippen LogP contribution in [0.1, 0.15) is 6.92 Å². The minimum atomic E-state index is -0.190. The van der Waals surface area contributed by atoms with E-state index in [1.165, 1.54) is 0 Å². The number of aliphatic hydroxyl groups excluding tert-OH is 1. The van der Waals surface area contributed by atoms with Crippen LogP contribution in [0.5, 0.6) is 0 Å². The van der Waals surface area contributed by atoms with E-state index in [2.05, 4.69) is 5.23 Å². The first kappa shape index (κ1) is 8.23. The molecule has 0 rings (SSSR count). The third kappa shape index (κ3) is 2.92. The van der Waals surface area contributed by atoms with Gasteiger partial charge >= 0.3 is 0 Å². The van der Waals surface area contributed by atoms with Crippen LogP contribution in [-0.4, -0.2) is 25.4 Å². The van der Waals surface area contributed by atoms with Gasteiger partial charge in [0.15, 0.2) is 0 Å². The van der Waals surface area contributed by atoms with E-state index in [0.29, 0.717) is 0 Å². The van der Waals surface area contributed by atoms with Gasteiger partial charge in [-0.05, 0) is 18.7 Å². The molecule has 0 saturated heterocycles. The van der Waals surface area contributed by atoms with Gasteiger partial charge in [-0.2, -0.15) is 0 Å². The Kier molecular flexibility index (Phi) is 3.79. The van der Waals surface area contributed by atoms with Gasteiger partial charge < -0.3 is 15.7 Å². The van der Waals surface area contributed by atoms with Gasteiger partial charge in [0.2, 0.25) is 7.98 Å². The Morgan fingerprint density at radius 1 is 1.89 bits per heavy atom. The largest absolute Gasteiger partial charge is 0.440 e. The predicted molar refractivity (Wildman–Crippen MR) is 40.2 cm³/mol. The maximum Gasteiger partial charge on any atom is 0.213 e. The topological polar surface area (TPSA) is 56.1 Å². The van der Waals surface area contributed by atoms with Crippen molar-refractivity contribution in [2.45, 2.75) is 6.92 Å². The highest BCUT2D eigenvalue weighted by Crippen LogP contribution is 1.90. The Labute approximate surface area is 55.7 Å². The fraction of sp³-hybridized carbons (Fsp3) is 0.400. The molecule has 0 unspecified atom stereocenters. The molecule has 0 fully saturated rings. The van der Waals surface area contributed by atoms with Crippen molar-refractivity contribution in [3.63, 3.8) is 0 Å². The molecule has 0 bridgehead atoms. The van der Waals surface area contributed by atoms with Crippen molar-refractivity contribution in [3.8, 4) is 0 Å². The summed E-state index contributed by atoms with van der Waals surface area (Å²) in [5.41, 5.74) is 1.02. The Bertz CT molecular complexity index is 133. The van der Waals surface area contributed by atoms with Gasteiger partial charge in [-0.15, -0.1) is 0 Å². The highest BCUT2D eigenvalue weighted by molar-refractivity contribution is 6.06. The fourth-order valence-corrected chi connectivity index (χ4v) is 0.428. The fourth-order valence-electron chi connectivity index (χ4n) is 0.428. The molecule has 0 aliphatic carbocycles. The van der Waals surface area contributed by atoms with Gasteiger partial charge in [0.1, 0.15) is 0 Å². The lowest BCUT2D eigenvalue weighted by Gasteiger charge is -1.97. The van der Waals surface area contributed by atoms with Crippen LogP contribution in [0.4, 0.5) is 0 Å². The standard InChI is InChI=1S/C5H11BN2O/c1-4(2-8-6)5(7)3-9/h2,7-9H,3,6H2,1H3/b4-2-,7-5?. The van der Waals surface area contributed by atoms with Gasteiger partial charge in [-0.25, -0.2) is 0 Å². The zero-order valence-corrected chi connectivity index (χ0v) is 5.73. The maximum atomic E-state index is 8.44. The van der Waals surface area contributed by atoms with Crippen molar-refractivity contribution in [2.75, 3.05) is 6.61 Å². The lowest BCUT2D eigenvalue weighted by Crippen LogP contribution is -2.07. The van der Waals surface area contributed by atoms with Crippen LogP contribution in [0, 0.1) is 5.41 Å². The van der Waals surface area contributed by atoms with E-state index in [1.807, 2.05) is 0 Å². The van der Waals surface area contributed by atoms with E-state index >= 15 is 0 Å². The molecule has 0 aromatic rings. The highest BCUT2D eigenvalue weighted by Gasteiger charge is 1.93. The first-order chi connectivity index (χ1) is 4.22. The van der Waals surface area contributed by atoms with Crippen molar-refractivity contribution < 1.29 is 5.11 Å². The van der Waals surface area contributed by atoms with Crippen LogP contribution in [0.25, 0.3) is 0 Å². The molecular weight excluding hydrogens is 115 g/mol. The lowest BCUT2D eigenvalue weighted by atomic mass is 10.2. The highest BCUT2D eigenvalue weighted by atomic mass is 16.3. The zero-order valence-electron chi connectivity index (χ0n) is 5.73. The number of aliphatic hydroxyl groups is 1. The number of nitrogens with one attached hydrogen (secondary N) is 2. The quantitative estimate of drug-likeness (QED) is 0.337. The van der Waals surface area contributed by atoms with Crippen molar-refractivity contribution in [1.29, 1.82) is 5.41 Å². The molecule has 0 amide bonds. The summed E-state index contributed by atoms with van der Waals surface area (Å²) in [7, 11) is 1.76. The van der Waals surface area contributed by atoms with Crippen LogP contribution < -0.4 is 5.23 Å². The zero-order chi connectivity index (χ0) is 7.28. The van der Waals surface area contributed by atoms with Crippen LogP contribution in [-0.2, 0) is 0 Å². The lowest BCUT2D eigenvalue weighted by molar-refractivity contribution is 0.357. The Morgan fingerprint density at radius 3 is 2.78 bits per heavy atom. The number of hydrogen-bond donors (Lipinski definition) is 3. The van der Waals surface area contributed by atoms with Gasteiger partial charge in [-0.3, -0.25) is 0 Å². The molecule has 0 spiro atoms. The van der Waals surface area contributed by atoms with Crippen LogP contribution in [0.3, 0.4) is 0 Å². The third-order valence-electron chi connectivity index (χ3n) is 0.995. The van der Waals surface area contributed by atoms with Gasteiger partial charge in [0, 0.05) is 0 Å². The van der Waals surface area contributed by atoms with Crippen LogP contribution >= 0.6 is 0 Å². The van der Waals surface area contributed by atoms with Crippen molar-refractivity contribution in [3.05, 3.63) is 11.8 Å². The molecule has 0 atom stereocenters. The average molecular weight is 126 g/mol. The van der Waals surface area contributed by atoms with E-state index in [-0.39, 0.29) is 12.3 Å². The molecule has 50 valence electrons. The monoisotopic (exact) mass is 126 g/mol. The maximum absolute atomic E-state index is 8.44. The minimum absolute atomic E-state index is 0.190. The van der Waals surface area contributed by atoms with Crippen molar-refractivity contribution in [1.82, 2.24) is 5.23 Å². The SMILES string of the molecule is BN/C=C(/C)C(=N)CO. The summed E-state index contributed by atoms with van der Waals surface area (Å²) < 4.78 is 0. The molecule has 9 heavy (non-hydrogen) atoms. The first-order valence-corrected chi connectivity index (χ1v) is 2.75. The van der Waals surface area contributed by atoms with E-state index in [9.17, 15) is 0 Å². The second kappa shape index (κ2) is 4.15. The van der Waals surface area contributed by atoms with E-state index in [4.69, 9.17) is 10.5 Å². The molecule has 0 aromatic heterocycles. The molecule has 4 heteroatoms. The summed E-state index contributed by atoms with van der Waals surface area (Å²) in [5, 5.41) is 18.3. The average Bonchev–Trinajstić information content (AvgIpc) is 1.87. The molecule has 0 radical (unpaired) electrons. The Hall–Kier alpha value is -0.765. The van der Waals surface area contributed by atoms with Gasteiger partial charge in [-0.1, -0.05) is 0 Å². The summed E-state index contributed by atoms with van der Waals surface area (Å²) >= 11 is 0. The number of hydrogen-bond acceptors (Lipinski definition) is 3. The van der Waals surface area contributed by atoms with Crippen LogP contribution in [0.2, 0.25) is 0 Å². The Morgan fingerprint density at radius 2 is 2.44 bits per heavy atom. The molecule has 3 nitrogen and oxygen atoms in total. The second-order valence-electron chi connectivity index (χ2n) is 1.75. The molecule has 0 aliphatic heterocycles. The van der Waals surface area contributed by atoms with Crippen molar-refractivity contribution >= 4 is 13.7 Å². The van der Waals surface area contributed by atoms with Gasteiger partial charge in [0.25, 0.3) is 0 Å². The van der Waals surface area contributed by atoms with E-state index in [0.717, 1.165) is 5.57 Å². The molecule has 0 aromatic carbocycles. The summed E-state index contributed by atoms with van der Waals surface area (Å²) in [6.07, 6.45) is 1.68. The first-order valence-electron chi connectivity index (χ1n) is 2.75. The van der Waals surface area contributed by atoms with Crippen molar-refractivity contribution in [2.24, 2.45) is 0 Å². The normalized spacial score (nSPS) is 11.1. The Balaban J connectivity index is 3.86. The second-order valence-corrected chi connectivity index (χ2v) is 1.75. The summed E-state index contributed by atoms with van der Waals surface area (Å²) in [4.78, 5) is 0. The molecule has 0 heterocycles. The van der Waals surface area contributed by atoms with E-state index < -0.39 is 0 Å². The third-order valence-corrected chi connectivity index (χ3v) is 0.995. The molecule has 3 N–H and O–H groups in total. The molecular formula is C5H11BN2O. The summed E-state index contributed by atoms with van der Waals surface area (Å²) in [5.74, 6) is 0. The summed E-state index contributed by atoms with van der Waals surface area (Å²) in [6.45, 7) is 1.58. The van der Waals surface area contributed by atoms with Crippen LogP contribution in [0.15, 0.2) is 11.8 Å². The smallest absolute Gasteiger partial charge is 0.213 e. The van der Waals surface area contributed by atoms with E-state index in [1.54, 1.807) is 21.1 Å². The predicted octanol–water partition coefficient (Wildman–Crippen LogP) is -0.960. The van der Waals surface area contributed by atoms with Gasteiger partial charge in [0.05, 0.1) is 12.3 Å². The molecule has 0 aliphatic rings. The summed E-state index contributed by atoms with van der Waals surface area (Å²) in [6, 6.07) is 0. The molecule has 0 saturated carbocycles. The number of rotatable bonds is 3.